The van der Waals surface area contributed by atoms with Crippen molar-refractivity contribution < 1.29 is 4.79 Å². The Morgan fingerprint density at radius 1 is 1.17 bits per heavy atom. The maximum atomic E-state index is 12.2. The molecule has 0 unspecified atom stereocenters. The first kappa shape index (κ1) is 15.0. The molecule has 0 spiro atoms. The van der Waals surface area contributed by atoms with Crippen molar-refractivity contribution in [3.8, 4) is 0 Å². The minimum atomic E-state index is 0.215. The molecule has 2 aliphatic rings. The van der Waals surface area contributed by atoms with Crippen LogP contribution < -0.4 is 0 Å². The minimum absolute atomic E-state index is 0.215. The van der Waals surface area contributed by atoms with Gasteiger partial charge in [0, 0.05) is 31.8 Å². The van der Waals surface area contributed by atoms with Crippen molar-refractivity contribution in [3.05, 3.63) is 23.3 Å². The van der Waals surface area contributed by atoms with E-state index >= 15 is 0 Å². The Kier molecular flexibility index (Phi) is 6.13. The fourth-order valence-corrected chi connectivity index (χ4v) is 2.19. The molecule has 2 rings (SSSR count). The third kappa shape index (κ3) is 3.98. The van der Waals surface area contributed by atoms with Crippen LogP contribution in [0.4, 0.5) is 0 Å². The molecule has 1 heterocycles. The van der Waals surface area contributed by atoms with E-state index in [1.54, 1.807) is 0 Å². The van der Waals surface area contributed by atoms with E-state index in [-0.39, 0.29) is 5.91 Å². The third-order valence-corrected chi connectivity index (χ3v) is 3.34. The quantitative estimate of drug-likeness (QED) is 0.713. The maximum absolute atomic E-state index is 12.2. The number of carbonyl (C=O) groups excluding carboxylic acids is 1. The zero-order chi connectivity index (χ0) is 13.5. The molecule has 0 N–H and O–H groups in total. The topological polar surface area (TPSA) is 23.6 Å². The molecule has 0 bridgehead atoms. The zero-order valence-corrected chi connectivity index (χ0v) is 12.2. The highest BCUT2D eigenvalue weighted by Gasteiger charge is 2.21. The van der Waals surface area contributed by atoms with E-state index in [9.17, 15) is 4.79 Å². The van der Waals surface area contributed by atoms with Gasteiger partial charge in [-0.3, -0.25) is 4.79 Å². The van der Waals surface area contributed by atoms with Gasteiger partial charge in [0.25, 0.3) is 5.91 Å². The maximum Gasteiger partial charge on any atom is 0.253 e. The first-order chi connectivity index (χ1) is 8.66. The lowest BCUT2D eigenvalue weighted by Gasteiger charge is -2.33. The van der Waals surface area contributed by atoms with Crippen LogP contribution in [0.1, 0.15) is 33.6 Å². The van der Waals surface area contributed by atoms with Crippen molar-refractivity contribution in [2.75, 3.05) is 33.2 Å². The molecular formula is C15H26N2O. The minimum Gasteiger partial charge on any atom is -0.336 e. The summed E-state index contributed by atoms with van der Waals surface area (Å²) in [5.74, 6) is 0.215. The van der Waals surface area contributed by atoms with Crippen molar-refractivity contribution in [3.63, 3.8) is 0 Å². The van der Waals surface area contributed by atoms with Gasteiger partial charge in [-0.05, 0) is 26.8 Å². The summed E-state index contributed by atoms with van der Waals surface area (Å²) in [6.45, 7) is 9.80. The second-order valence-electron chi connectivity index (χ2n) is 4.78. The van der Waals surface area contributed by atoms with Crippen LogP contribution in [0.5, 0.6) is 0 Å². The monoisotopic (exact) mass is 250 g/mol. The number of rotatable bonds is 1. The number of hydrogen-bond acceptors (Lipinski definition) is 2. The van der Waals surface area contributed by atoms with E-state index in [2.05, 4.69) is 24.9 Å². The Morgan fingerprint density at radius 2 is 1.78 bits per heavy atom. The van der Waals surface area contributed by atoms with Gasteiger partial charge in [0.1, 0.15) is 0 Å². The molecule has 18 heavy (non-hydrogen) atoms. The third-order valence-electron chi connectivity index (χ3n) is 3.34. The first-order valence-corrected chi connectivity index (χ1v) is 7.02. The summed E-state index contributed by atoms with van der Waals surface area (Å²) in [5, 5.41) is 0. The Bertz CT molecular complexity index is 336. The molecule has 3 heteroatoms. The summed E-state index contributed by atoms with van der Waals surface area (Å²) in [4.78, 5) is 16.4. The zero-order valence-electron chi connectivity index (χ0n) is 12.2. The molecule has 0 atom stereocenters. The largest absolute Gasteiger partial charge is 0.336 e. The number of piperazine rings is 1. The highest BCUT2D eigenvalue weighted by molar-refractivity contribution is 5.96. The van der Waals surface area contributed by atoms with Gasteiger partial charge in [0.2, 0.25) is 0 Å². The summed E-state index contributed by atoms with van der Waals surface area (Å²) in [6.07, 6.45) is 6.23. The average molecular weight is 250 g/mol. The molecule has 1 saturated heterocycles. The van der Waals surface area contributed by atoms with Gasteiger partial charge in [-0.15, -0.1) is 0 Å². The summed E-state index contributed by atoms with van der Waals surface area (Å²) >= 11 is 0. The van der Waals surface area contributed by atoms with E-state index in [4.69, 9.17) is 0 Å². The summed E-state index contributed by atoms with van der Waals surface area (Å²) in [5.41, 5.74) is 2.22. The van der Waals surface area contributed by atoms with Crippen LogP contribution in [-0.2, 0) is 4.79 Å². The Hall–Kier alpha value is -1.09. The van der Waals surface area contributed by atoms with Crippen LogP contribution in [0, 0.1) is 0 Å². The molecule has 1 aliphatic heterocycles. The normalized spacial score (nSPS) is 20.6. The molecule has 3 nitrogen and oxygen atoms in total. The molecule has 0 aromatic carbocycles. The molecule has 1 amide bonds. The molecule has 0 aromatic rings. The van der Waals surface area contributed by atoms with Crippen LogP contribution in [0.3, 0.4) is 0 Å². The van der Waals surface area contributed by atoms with Gasteiger partial charge in [0.15, 0.2) is 0 Å². The van der Waals surface area contributed by atoms with E-state index in [1.807, 2.05) is 24.8 Å². The molecule has 0 radical (unpaired) electrons. The number of amides is 1. The predicted octanol–water partition coefficient (Wildman–Crippen LogP) is 2.45. The second kappa shape index (κ2) is 7.37. The molecule has 1 aliphatic carbocycles. The van der Waals surface area contributed by atoms with Crippen molar-refractivity contribution in [1.29, 1.82) is 0 Å². The van der Waals surface area contributed by atoms with E-state index in [1.165, 1.54) is 5.57 Å². The highest BCUT2D eigenvalue weighted by Crippen LogP contribution is 2.18. The smallest absolute Gasteiger partial charge is 0.253 e. The number of likely N-dealkylation sites (N-methyl/N-ethyl adjacent to an activating group) is 1. The van der Waals surface area contributed by atoms with Crippen LogP contribution in [-0.4, -0.2) is 48.9 Å². The summed E-state index contributed by atoms with van der Waals surface area (Å²) < 4.78 is 0. The van der Waals surface area contributed by atoms with Crippen LogP contribution in [0.2, 0.25) is 0 Å². The van der Waals surface area contributed by atoms with E-state index < -0.39 is 0 Å². The van der Waals surface area contributed by atoms with Gasteiger partial charge < -0.3 is 9.80 Å². The van der Waals surface area contributed by atoms with E-state index in [0.717, 1.165) is 44.6 Å². The fraction of sp³-hybridized carbons (Fsp3) is 0.667. The lowest BCUT2D eigenvalue weighted by Crippen LogP contribution is -2.47. The number of allylic oxidation sites excluding steroid dienone is 2. The fourth-order valence-electron chi connectivity index (χ4n) is 2.19. The Balaban J connectivity index is 0.000000771. The van der Waals surface area contributed by atoms with E-state index in [0.29, 0.717) is 0 Å². The van der Waals surface area contributed by atoms with Gasteiger partial charge in [0.05, 0.1) is 0 Å². The summed E-state index contributed by atoms with van der Waals surface area (Å²) in [6, 6.07) is 0. The molecule has 0 aromatic heterocycles. The molecule has 102 valence electrons. The molecular weight excluding hydrogens is 224 g/mol. The van der Waals surface area contributed by atoms with Gasteiger partial charge in [-0.2, -0.15) is 0 Å². The number of nitrogens with zero attached hydrogens (tertiary/aromatic N) is 2. The number of hydrogen-bond donors (Lipinski definition) is 0. The standard InChI is InChI=1S/C13H20N2O.C2H6/c1-11-4-3-5-12(10-11)13(16)15-8-6-14(2)7-9-15;1-2/h5,10H,3-4,6-9H2,1-2H3;1-2H3. The lowest BCUT2D eigenvalue weighted by molar-refractivity contribution is -0.128. The predicted molar refractivity (Wildman–Crippen MR) is 76.5 cm³/mol. The summed E-state index contributed by atoms with van der Waals surface area (Å²) in [7, 11) is 2.10. The van der Waals surface area contributed by atoms with Crippen molar-refractivity contribution in [2.24, 2.45) is 0 Å². The van der Waals surface area contributed by atoms with Crippen molar-refractivity contribution in [2.45, 2.75) is 33.6 Å². The lowest BCUT2D eigenvalue weighted by atomic mass is 10.00. The SMILES string of the molecule is CC.CC1=CC(C(=O)N2CCN(C)CC2)=CCC1. The van der Waals surface area contributed by atoms with Crippen LogP contribution >= 0.6 is 0 Å². The van der Waals surface area contributed by atoms with Gasteiger partial charge in [-0.25, -0.2) is 0 Å². The first-order valence-electron chi connectivity index (χ1n) is 7.02. The van der Waals surface area contributed by atoms with Crippen LogP contribution in [0.15, 0.2) is 23.3 Å². The second-order valence-corrected chi connectivity index (χ2v) is 4.78. The van der Waals surface area contributed by atoms with Gasteiger partial charge >= 0.3 is 0 Å². The van der Waals surface area contributed by atoms with Gasteiger partial charge in [-0.1, -0.05) is 31.6 Å². The van der Waals surface area contributed by atoms with Crippen molar-refractivity contribution in [1.82, 2.24) is 9.80 Å². The average Bonchev–Trinajstić information content (AvgIpc) is 2.41. The Labute approximate surface area is 111 Å². The number of carbonyl (C=O) groups is 1. The van der Waals surface area contributed by atoms with Crippen LogP contribution in [0.25, 0.3) is 0 Å². The van der Waals surface area contributed by atoms with Crippen molar-refractivity contribution >= 4 is 5.91 Å². The highest BCUT2D eigenvalue weighted by atomic mass is 16.2. The molecule has 1 fully saturated rings. The Morgan fingerprint density at radius 3 is 2.33 bits per heavy atom. The molecule has 0 saturated carbocycles.